The maximum absolute atomic E-state index is 11.8. The third-order valence-electron chi connectivity index (χ3n) is 4.00. The lowest BCUT2D eigenvalue weighted by atomic mass is 10.1. The molecule has 1 aromatic carbocycles. The fraction of sp³-hybridized carbons (Fsp3) is 0.0588. The molecule has 25 heavy (non-hydrogen) atoms. The number of fused-ring (bicyclic) bond motifs is 1. The minimum atomic E-state index is -0.509. The first-order valence-corrected chi connectivity index (χ1v) is 7.60. The number of aromatic nitrogens is 2. The van der Waals surface area contributed by atoms with Crippen molar-refractivity contribution in [3.63, 3.8) is 0 Å². The summed E-state index contributed by atoms with van der Waals surface area (Å²) in [5, 5.41) is 4.57. The Morgan fingerprint density at radius 1 is 1.12 bits per heavy atom. The van der Waals surface area contributed by atoms with E-state index in [4.69, 9.17) is 15.9 Å². The highest BCUT2D eigenvalue weighted by Crippen LogP contribution is 2.42. The molecule has 0 radical (unpaired) electrons. The quantitative estimate of drug-likeness (QED) is 0.704. The Morgan fingerprint density at radius 2 is 1.92 bits per heavy atom. The van der Waals surface area contributed by atoms with E-state index >= 15 is 0 Å². The van der Waals surface area contributed by atoms with E-state index in [2.05, 4.69) is 15.1 Å². The number of primary amides is 1. The standard InChI is InChI=1S/C17H14N6O2/c18-14(24)10-23(11-5-2-1-3-6-11)16-12(9-20-23)15(21-17(19)22-16)13-7-4-8-25-13/h1-9H,10H2,(H3-,18,19,20,21,22,24)/p+1. The molecule has 4 rings (SSSR count). The van der Waals surface area contributed by atoms with E-state index in [0.29, 0.717) is 22.8 Å². The largest absolute Gasteiger partial charge is 0.463 e. The number of amides is 1. The monoisotopic (exact) mass is 335 g/mol. The van der Waals surface area contributed by atoms with E-state index in [1.165, 1.54) is 0 Å². The van der Waals surface area contributed by atoms with Crippen molar-refractivity contribution in [2.45, 2.75) is 0 Å². The minimum Gasteiger partial charge on any atom is -0.463 e. The van der Waals surface area contributed by atoms with Crippen LogP contribution in [-0.2, 0) is 4.79 Å². The number of rotatable bonds is 4. The Balaban J connectivity index is 1.98. The molecule has 1 amide bonds. The van der Waals surface area contributed by atoms with Crippen molar-refractivity contribution in [3.05, 3.63) is 54.3 Å². The summed E-state index contributed by atoms with van der Waals surface area (Å²) in [6.07, 6.45) is 3.18. The molecule has 0 saturated carbocycles. The van der Waals surface area contributed by atoms with Crippen LogP contribution in [0.5, 0.6) is 0 Å². The van der Waals surface area contributed by atoms with Crippen LogP contribution in [0.2, 0.25) is 0 Å². The van der Waals surface area contributed by atoms with Gasteiger partial charge < -0.3 is 15.9 Å². The number of carbonyl (C=O) groups excluding carboxylic acids is 1. The molecule has 0 fully saturated rings. The summed E-state index contributed by atoms with van der Waals surface area (Å²) < 4.78 is 5.26. The Labute approximate surface area is 143 Å². The Kier molecular flexibility index (Phi) is 3.33. The molecule has 1 unspecified atom stereocenters. The van der Waals surface area contributed by atoms with Crippen LogP contribution in [0.4, 0.5) is 17.5 Å². The molecular formula is C17H15N6O2+. The minimum absolute atomic E-state index is 0.0681. The van der Waals surface area contributed by atoms with Crippen LogP contribution in [0.15, 0.2) is 58.2 Å². The van der Waals surface area contributed by atoms with E-state index in [0.717, 1.165) is 5.69 Å². The van der Waals surface area contributed by atoms with Crippen LogP contribution in [0.3, 0.4) is 0 Å². The number of furan rings is 1. The van der Waals surface area contributed by atoms with Gasteiger partial charge in [0.2, 0.25) is 5.95 Å². The zero-order chi connectivity index (χ0) is 17.4. The topological polar surface area (TPSA) is 120 Å². The van der Waals surface area contributed by atoms with Gasteiger partial charge in [0.15, 0.2) is 18.0 Å². The summed E-state index contributed by atoms with van der Waals surface area (Å²) in [4.78, 5) is 20.4. The van der Waals surface area contributed by atoms with Gasteiger partial charge >= 0.3 is 0 Å². The Hall–Kier alpha value is -3.52. The summed E-state index contributed by atoms with van der Waals surface area (Å²) in [5.74, 6) is 0.594. The van der Waals surface area contributed by atoms with Crippen LogP contribution in [0.1, 0.15) is 5.56 Å². The van der Waals surface area contributed by atoms with Crippen LogP contribution in [0.25, 0.3) is 11.5 Å². The van der Waals surface area contributed by atoms with E-state index < -0.39 is 5.91 Å². The van der Waals surface area contributed by atoms with Crippen LogP contribution < -0.4 is 16.1 Å². The van der Waals surface area contributed by atoms with Crippen molar-refractivity contribution < 1.29 is 9.21 Å². The highest BCUT2D eigenvalue weighted by molar-refractivity contribution is 5.99. The number of hydrogen-bond acceptors (Lipinski definition) is 6. The second-order valence-electron chi connectivity index (χ2n) is 5.62. The summed E-state index contributed by atoms with van der Waals surface area (Å²) in [6.45, 7) is -0.0818. The fourth-order valence-corrected chi connectivity index (χ4v) is 2.98. The molecule has 1 aliphatic heterocycles. The summed E-state index contributed by atoms with van der Waals surface area (Å²) in [7, 11) is 0. The van der Waals surface area contributed by atoms with Crippen molar-refractivity contribution in [3.8, 4) is 11.5 Å². The predicted octanol–water partition coefficient (Wildman–Crippen LogP) is 1.79. The lowest BCUT2D eigenvalue weighted by molar-refractivity contribution is -0.118. The van der Waals surface area contributed by atoms with Crippen LogP contribution in [0, 0.1) is 0 Å². The SMILES string of the molecule is NC(=O)C[N+]1(c2ccccc2)N=Cc2c(-c3ccco3)nc(N)nc21. The van der Waals surface area contributed by atoms with Crippen molar-refractivity contribution >= 4 is 29.6 Å². The third-order valence-corrected chi connectivity index (χ3v) is 4.00. The van der Waals surface area contributed by atoms with Gasteiger partial charge in [-0.15, -0.1) is 4.59 Å². The Bertz CT molecular complexity index is 968. The zero-order valence-corrected chi connectivity index (χ0v) is 13.2. The first-order chi connectivity index (χ1) is 12.1. The van der Waals surface area contributed by atoms with Gasteiger partial charge in [-0.05, 0) is 12.1 Å². The molecular weight excluding hydrogens is 320 g/mol. The average molecular weight is 335 g/mol. The molecule has 8 nitrogen and oxygen atoms in total. The van der Waals surface area contributed by atoms with Crippen molar-refractivity contribution in [2.75, 3.05) is 12.3 Å². The smallest absolute Gasteiger partial charge is 0.276 e. The van der Waals surface area contributed by atoms with Crippen LogP contribution >= 0.6 is 0 Å². The van der Waals surface area contributed by atoms with Crippen molar-refractivity contribution in [1.82, 2.24) is 14.6 Å². The van der Waals surface area contributed by atoms with Gasteiger partial charge in [0.25, 0.3) is 11.7 Å². The second kappa shape index (κ2) is 5.53. The molecule has 1 atom stereocenters. The molecule has 124 valence electrons. The summed E-state index contributed by atoms with van der Waals surface area (Å²) in [5.41, 5.74) is 13.3. The number of quaternary nitrogens is 1. The fourth-order valence-electron chi connectivity index (χ4n) is 2.98. The zero-order valence-electron chi connectivity index (χ0n) is 13.2. The first kappa shape index (κ1) is 15.0. The van der Waals surface area contributed by atoms with Crippen molar-refractivity contribution in [1.29, 1.82) is 0 Å². The number of nitrogens with zero attached hydrogens (tertiary/aromatic N) is 4. The Morgan fingerprint density at radius 3 is 2.60 bits per heavy atom. The summed E-state index contributed by atoms with van der Waals surface area (Å²) in [6, 6.07) is 12.9. The lowest BCUT2D eigenvalue weighted by Crippen LogP contribution is -2.44. The molecule has 0 bridgehead atoms. The van der Waals surface area contributed by atoms with E-state index in [1.807, 2.05) is 30.3 Å². The van der Waals surface area contributed by atoms with Gasteiger partial charge in [-0.3, -0.25) is 4.79 Å². The normalized spacial score (nSPS) is 18.2. The first-order valence-electron chi connectivity index (χ1n) is 7.60. The number of para-hydroxylation sites is 1. The second-order valence-corrected chi connectivity index (χ2v) is 5.62. The summed E-state index contributed by atoms with van der Waals surface area (Å²) >= 11 is 0. The average Bonchev–Trinajstić information content (AvgIpc) is 3.24. The number of nitrogen functional groups attached to an aromatic ring is 1. The number of benzene rings is 1. The molecule has 0 spiro atoms. The van der Waals surface area contributed by atoms with Gasteiger partial charge in [0.05, 0.1) is 6.26 Å². The van der Waals surface area contributed by atoms with Crippen LogP contribution in [-0.4, -0.2) is 28.6 Å². The van der Waals surface area contributed by atoms with Gasteiger partial charge in [0, 0.05) is 12.1 Å². The van der Waals surface area contributed by atoms with Crippen molar-refractivity contribution in [2.24, 2.45) is 10.8 Å². The van der Waals surface area contributed by atoms with E-state index in [1.54, 1.807) is 24.6 Å². The molecule has 3 aromatic rings. The molecule has 2 aromatic heterocycles. The molecule has 4 N–H and O–H groups in total. The predicted molar refractivity (Wildman–Crippen MR) is 93.7 cm³/mol. The molecule has 1 aliphatic rings. The molecule has 3 heterocycles. The van der Waals surface area contributed by atoms with E-state index in [9.17, 15) is 4.79 Å². The highest BCUT2D eigenvalue weighted by atomic mass is 16.3. The number of hydrogen-bond donors (Lipinski definition) is 2. The number of anilines is 1. The van der Waals surface area contributed by atoms with Gasteiger partial charge in [0.1, 0.15) is 17.5 Å². The lowest BCUT2D eigenvalue weighted by Gasteiger charge is -2.26. The number of carbonyl (C=O) groups is 1. The van der Waals surface area contributed by atoms with Gasteiger partial charge in [-0.1, -0.05) is 23.3 Å². The number of nitrogens with two attached hydrogens (primary N) is 2. The maximum atomic E-state index is 11.8. The molecule has 0 aliphatic carbocycles. The van der Waals surface area contributed by atoms with Gasteiger partial charge in [-0.2, -0.15) is 4.98 Å². The molecule has 0 saturated heterocycles. The maximum Gasteiger partial charge on any atom is 0.276 e. The third kappa shape index (κ3) is 2.36. The van der Waals surface area contributed by atoms with E-state index in [-0.39, 0.29) is 17.1 Å². The van der Waals surface area contributed by atoms with Gasteiger partial charge in [-0.25, -0.2) is 4.98 Å². The highest BCUT2D eigenvalue weighted by Gasteiger charge is 2.45. The molecule has 8 heteroatoms.